The molecule has 96 valence electrons. The SMILES string of the molecule is CC1CC(C)CC(NCCc2nncn2C)C1. The molecule has 1 aromatic rings. The molecule has 1 aromatic heterocycles. The van der Waals surface area contributed by atoms with Gasteiger partial charge in [0.15, 0.2) is 0 Å². The Labute approximate surface area is 104 Å². The largest absolute Gasteiger partial charge is 0.321 e. The van der Waals surface area contributed by atoms with Gasteiger partial charge in [-0.05, 0) is 31.1 Å². The van der Waals surface area contributed by atoms with Crippen LogP contribution in [-0.2, 0) is 13.5 Å². The molecule has 0 amide bonds. The molecule has 0 radical (unpaired) electrons. The lowest BCUT2D eigenvalue weighted by Crippen LogP contribution is -2.37. The van der Waals surface area contributed by atoms with Gasteiger partial charge in [-0.3, -0.25) is 0 Å². The first-order valence-electron chi connectivity index (χ1n) is 6.71. The van der Waals surface area contributed by atoms with Gasteiger partial charge in [-0.2, -0.15) is 0 Å². The van der Waals surface area contributed by atoms with Crippen molar-refractivity contribution in [2.24, 2.45) is 18.9 Å². The maximum Gasteiger partial charge on any atom is 0.133 e. The summed E-state index contributed by atoms with van der Waals surface area (Å²) >= 11 is 0. The zero-order valence-electron chi connectivity index (χ0n) is 11.2. The lowest BCUT2D eigenvalue weighted by Gasteiger charge is -2.32. The highest BCUT2D eigenvalue weighted by Crippen LogP contribution is 2.28. The van der Waals surface area contributed by atoms with Gasteiger partial charge in [0.2, 0.25) is 0 Å². The minimum Gasteiger partial charge on any atom is -0.321 e. The van der Waals surface area contributed by atoms with E-state index < -0.39 is 0 Å². The van der Waals surface area contributed by atoms with Gasteiger partial charge >= 0.3 is 0 Å². The maximum atomic E-state index is 4.10. The second-order valence-electron chi connectivity index (χ2n) is 5.68. The third kappa shape index (κ3) is 3.53. The van der Waals surface area contributed by atoms with Gasteiger partial charge < -0.3 is 9.88 Å². The van der Waals surface area contributed by atoms with Gasteiger partial charge in [0.25, 0.3) is 0 Å². The van der Waals surface area contributed by atoms with Crippen LogP contribution in [0.3, 0.4) is 0 Å². The maximum absolute atomic E-state index is 4.10. The third-order valence-electron chi connectivity index (χ3n) is 3.77. The molecule has 1 fully saturated rings. The molecule has 2 unspecified atom stereocenters. The van der Waals surface area contributed by atoms with E-state index in [1.165, 1.54) is 19.3 Å². The van der Waals surface area contributed by atoms with E-state index in [9.17, 15) is 0 Å². The Hall–Kier alpha value is -0.900. The highest BCUT2D eigenvalue weighted by atomic mass is 15.2. The molecule has 1 N–H and O–H groups in total. The van der Waals surface area contributed by atoms with E-state index in [0.717, 1.165) is 30.6 Å². The summed E-state index contributed by atoms with van der Waals surface area (Å²) in [5.74, 6) is 2.80. The molecule has 0 aliphatic heterocycles. The molecule has 2 rings (SSSR count). The molecule has 1 heterocycles. The minimum atomic E-state index is 0.696. The lowest BCUT2D eigenvalue weighted by molar-refractivity contribution is 0.240. The Balaban J connectivity index is 1.73. The summed E-state index contributed by atoms with van der Waals surface area (Å²) in [5.41, 5.74) is 0. The fraction of sp³-hybridized carbons (Fsp3) is 0.846. The number of rotatable bonds is 4. The Morgan fingerprint density at radius 2 is 2.00 bits per heavy atom. The summed E-state index contributed by atoms with van der Waals surface area (Å²) < 4.78 is 1.99. The first-order valence-corrected chi connectivity index (χ1v) is 6.71. The highest BCUT2D eigenvalue weighted by Gasteiger charge is 2.23. The number of hydrogen-bond acceptors (Lipinski definition) is 3. The zero-order chi connectivity index (χ0) is 12.3. The topological polar surface area (TPSA) is 42.7 Å². The monoisotopic (exact) mass is 236 g/mol. The summed E-state index contributed by atoms with van der Waals surface area (Å²) in [6.45, 7) is 5.75. The molecule has 4 nitrogen and oxygen atoms in total. The zero-order valence-corrected chi connectivity index (χ0v) is 11.2. The summed E-state index contributed by atoms with van der Waals surface area (Å²) in [5, 5.41) is 11.7. The van der Waals surface area contributed by atoms with Gasteiger partial charge in [-0.15, -0.1) is 10.2 Å². The Kier molecular flexibility index (Phi) is 4.15. The smallest absolute Gasteiger partial charge is 0.133 e. The van der Waals surface area contributed by atoms with Crippen molar-refractivity contribution in [2.45, 2.75) is 45.6 Å². The van der Waals surface area contributed by atoms with E-state index in [1.54, 1.807) is 6.33 Å². The molecule has 0 spiro atoms. The second kappa shape index (κ2) is 5.63. The first-order chi connectivity index (χ1) is 8.15. The van der Waals surface area contributed by atoms with Crippen LogP contribution >= 0.6 is 0 Å². The number of aromatic nitrogens is 3. The van der Waals surface area contributed by atoms with Crippen LogP contribution in [0, 0.1) is 11.8 Å². The van der Waals surface area contributed by atoms with E-state index in [0.29, 0.717) is 6.04 Å². The minimum absolute atomic E-state index is 0.696. The first kappa shape index (κ1) is 12.6. The van der Waals surface area contributed by atoms with Crippen molar-refractivity contribution in [1.29, 1.82) is 0 Å². The van der Waals surface area contributed by atoms with Crippen molar-refractivity contribution in [1.82, 2.24) is 20.1 Å². The molecule has 2 atom stereocenters. The Bertz CT molecular complexity index is 337. The van der Waals surface area contributed by atoms with E-state index in [2.05, 4.69) is 29.4 Å². The third-order valence-corrected chi connectivity index (χ3v) is 3.77. The molecule has 0 aromatic carbocycles. The molecular formula is C13H24N4. The fourth-order valence-corrected chi connectivity index (χ4v) is 3.04. The predicted molar refractivity (Wildman–Crippen MR) is 68.7 cm³/mol. The summed E-state index contributed by atoms with van der Waals surface area (Å²) in [6, 6.07) is 0.696. The molecule has 1 aliphatic carbocycles. The highest BCUT2D eigenvalue weighted by molar-refractivity contribution is 4.86. The van der Waals surface area contributed by atoms with E-state index in [-0.39, 0.29) is 0 Å². The van der Waals surface area contributed by atoms with Gasteiger partial charge in [0.05, 0.1) is 0 Å². The van der Waals surface area contributed by atoms with Crippen LogP contribution in [0.25, 0.3) is 0 Å². The number of nitrogens with one attached hydrogen (secondary N) is 1. The number of hydrogen-bond donors (Lipinski definition) is 1. The molecule has 17 heavy (non-hydrogen) atoms. The normalized spacial score (nSPS) is 29.5. The van der Waals surface area contributed by atoms with Gasteiger partial charge in [0.1, 0.15) is 12.2 Å². The van der Waals surface area contributed by atoms with Gasteiger partial charge in [-0.1, -0.05) is 13.8 Å². The van der Waals surface area contributed by atoms with E-state index in [1.807, 2.05) is 11.6 Å². The molecule has 1 saturated carbocycles. The predicted octanol–water partition coefficient (Wildman–Crippen LogP) is 1.77. The number of aryl methyl sites for hydroxylation is 1. The van der Waals surface area contributed by atoms with Crippen LogP contribution < -0.4 is 5.32 Å². The number of nitrogens with zero attached hydrogens (tertiary/aromatic N) is 3. The van der Waals surface area contributed by atoms with Crippen molar-refractivity contribution in [3.63, 3.8) is 0 Å². The van der Waals surface area contributed by atoms with Gasteiger partial charge in [0, 0.05) is 26.1 Å². The molecule has 4 heteroatoms. The van der Waals surface area contributed by atoms with Crippen molar-refractivity contribution >= 4 is 0 Å². The standard InChI is InChI=1S/C13H24N4/c1-10-6-11(2)8-12(7-10)14-5-4-13-16-15-9-17(13)3/h9-12,14H,4-8H2,1-3H3. The average molecular weight is 236 g/mol. The van der Waals surface area contributed by atoms with Crippen LogP contribution in [0.2, 0.25) is 0 Å². The van der Waals surface area contributed by atoms with Crippen molar-refractivity contribution in [3.8, 4) is 0 Å². The molecule has 1 aliphatic rings. The van der Waals surface area contributed by atoms with Crippen LogP contribution in [0.15, 0.2) is 6.33 Å². The molecular weight excluding hydrogens is 212 g/mol. The summed E-state index contributed by atoms with van der Waals surface area (Å²) in [7, 11) is 2.00. The molecule has 0 saturated heterocycles. The fourth-order valence-electron chi connectivity index (χ4n) is 3.04. The van der Waals surface area contributed by atoms with Crippen LogP contribution in [0.5, 0.6) is 0 Å². The van der Waals surface area contributed by atoms with Crippen molar-refractivity contribution in [2.75, 3.05) is 6.54 Å². The van der Waals surface area contributed by atoms with Gasteiger partial charge in [-0.25, -0.2) is 0 Å². The Morgan fingerprint density at radius 1 is 1.29 bits per heavy atom. The quantitative estimate of drug-likeness (QED) is 0.866. The second-order valence-corrected chi connectivity index (χ2v) is 5.68. The van der Waals surface area contributed by atoms with Crippen LogP contribution in [0.1, 0.15) is 38.9 Å². The average Bonchev–Trinajstić information content (AvgIpc) is 2.63. The van der Waals surface area contributed by atoms with Crippen LogP contribution in [0.4, 0.5) is 0 Å². The van der Waals surface area contributed by atoms with E-state index in [4.69, 9.17) is 0 Å². The summed E-state index contributed by atoms with van der Waals surface area (Å²) in [6.07, 6.45) is 6.77. The van der Waals surface area contributed by atoms with Crippen molar-refractivity contribution < 1.29 is 0 Å². The Morgan fingerprint density at radius 3 is 2.59 bits per heavy atom. The lowest BCUT2D eigenvalue weighted by atomic mass is 9.80. The molecule has 0 bridgehead atoms. The summed E-state index contributed by atoms with van der Waals surface area (Å²) in [4.78, 5) is 0. The van der Waals surface area contributed by atoms with E-state index >= 15 is 0 Å². The van der Waals surface area contributed by atoms with Crippen molar-refractivity contribution in [3.05, 3.63) is 12.2 Å². The van der Waals surface area contributed by atoms with Crippen LogP contribution in [-0.4, -0.2) is 27.4 Å².